The van der Waals surface area contributed by atoms with Gasteiger partial charge in [0.1, 0.15) is 0 Å². The number of piperidine rings is 1. The molecule has 1 amide bonds. The van der Waals surface area contributed by atoms with Gasteiger partial charge in [-0.2, -0.15) is 0 Å². The van der Waals surface area contributed by atoms with Crippen molar-refractivity contribution in [1.29, 1.82) is 0 Å². The monoisotopic (exact) mass is 221 g/mol. The maximum Gasteiger partial charge on any atom is 0.301 e. The first-order valence-electron chi connectivity index (χ1n) is 6.04. The molecular weight excluding hydrogens is 202 g/mol. The average molecular weight is 221 g/mol. The number of nitrogens with two attached hydrogens (primary N) is 1. The van der Waals surface area contributed by atoms with E-state index in [2.05, 4.69) is 4.85 Å². The Morgan fingerprint density at radius 3 is 2.88 bits per heavy atom. The first kappa shape index (κ1) is 11.4. The lowest BCUT2D eigenvalue weighted by atomic mass is 9.99. The second-order valence-corrected chi connectivity index (χ2v) is 5.07. The van der Waals surface area contributed by atoms with Crippen molar-refractivity contribution in [1.82, 2.24) is 4.90 Å². The molecule has 88 valence electrons. The smallest absolute Gasteiger partial charge is 0.301 e. The summed E-state index contributed by atoms with van der Waals surface area (Å²) in [6.07, 6.45) is 2.58. The lowest BCUT2D eigenvalue weighted by Gasteiger charge is -2.25. The minimum atomic E-state index is -0.436. The highest BCUT2D eigenvalue weighted by Gasteiger charge is 2.57. The lowest BCUT2D eigenvalue weighted by molar-refractivity contribution is -0.134. The van der Waals surface area contributed by atoms with Gasteiger partial charge in [0, 0.05) is 12.5 Å². The molecule has 0 aromatic heterocycles. The number of hydrogen-bond donors (Lipinski definition) is 1. The largest absolute Gasteiger partial charge is 0.320 e. The van der Waals surface area contributed by atoms with Crippen molar-refractivity contribution in [2.24, 2.45) is 17.6 Å². The summed E-state index contributed by atoms with van der Waals surface area (Å²) in [5.74, 6) is 0.754. The van der Waals surface area contributed by atoms with E-state index in [4.69, 9.17) is 12.3 Å². The normalized spacial score (nSPS) is 35.1. The molecule has 4 unspecified atom stereocenters. The quantitative estimate of drug-likeness (QED) is 0.729. The van der Waals surface area contributed by atoms with E-state index in [1.165, 1.54) is 0 Å². The number of likely N-dealkylation sites (tertiary alicyclic amines) is 1. The van der Waals surface area contributed by atoms with E-state index in [0.717, 1.165) is 19.3 Å². The molecule has 0 radical (unpaired) electrons. The van der Waals surface area contributed by atoms with Crippen molar-refractivity contribution in [3.8, 4) is 0 Å². The predicted octanol–water partition coefficient (Wildman–Crippen LogP) is 1.23. The summed E-state index contributed by atoms with van der Waals surface area (Å²) >= 11 is 0. The van der Waals surface area contributed by atoms with Crippen LogP contribution in [-0.4, -0.2) is 29.1 Å². The summed E-state index contributed by atoms with van der Waals surface area (Å²) in [4.78, 5) is 17.5. The van der Waals surface area contributed by atoms with Crippen LogP contribution < -0.4 is 5.73 Å². The van der Waals surface area contributed by atoms with Gasteiger partial charge in [0.15, 0.2) is 0 Å². The van der Waals surface area contributed by atoms with Crippen LogP contribution in [0.4, 0.5) is 0 Å². The molecular formula is C12H19N3O. The second-order valence-electron chi connectivity index (χ2n) is 5.07. The fourth-order valence-corrected chi connectivity index (χ4v) is 2.53. The molecule has 5 atom stereocenters. The van der Waals surface area contributed by atoms with Crippen LogP contribution >= 0.6 is 0 Å². The van der Waals surface area contributed by atoms with Crippen LogP contribution in [-0.2, 0) is 4.79 Å². The fraction of sp³-hybridized carbons (Fsp3) is 0.833. The van der Waals surface area contributed by atoms with E-state index in [0.29, 0.717) is 12.0 Å². The van der Waals surface area contributed by atoms with Crippen LogP contribution in [0.2, 0.25) is 0 Å². The molecule has 1 saturated heterocycles. The van der Waals surface area contributed by atoms with Gasteiger partial charge in [-0.05, 0) is 18.3 Å². The Bertz CT molecular complexity index is 336. The van der Waals surface area contributed by atoms with Crippen LogP contribution in [0.1, 0.15) is 33.1 Å². The van der Waals surface area contributed by atoms with Gasteiger partial charge in [-0.15, -0.1) is 0 Å². The predicted molar refractivity (Wildman–Crippen MR) is 61.2 cm³/mol. The first-order valence-corrected chi connectivity index (χ1v) is 6.04. The van der Waals surface area contributed by atoms with Crippen molar-refractivity contribution < 1.29 is 4.79 Å². The van der Waals surface area contributed by atoms with E-state index >= 15 is 0 Å². The lowest BCUT2D eigenvalue weighted by Crippen LogP contribution is -2.49. The molecule has 4 nitrogen and oxygen atoms in total. The van der Waals surface area contributed by atoms with Gasteiger partial charge in [-0.3, -0.25) is 14.5 Å². The SMILES string of the molecule is [C-]#[N+]C1CC2CC2N1C(=O)[C@@H](N)C(C)CC. The Kier molecular flexibility index (Phi) is 2.90. The van der Waals surface area contributed by atoms with Gasteiger partial charge in [-0.1, -0.05) is 20.3 Å². The molecule has 2 aliphatic rings. The summed E-state index contributed by atoms with van der Waals surface area (Å²) in [6, 6.07) is -0.115. The Morgan fingerprint density at radius 1 is 1.62 bits per heavy atom. The van der Waals surface area contributed by atoms with E-state index in [-0.39, 0.29) is 18.0 Å². The van der Waals surface area contributed by atoms with E-state index in [9.17, 15) is 4.79 Å². The van der Waals surface area contributed by atoms with Crippen molar-refractivity contribution in [2.45, 2.75) is 51.4 Å². The molecule has 1 heterocycles. The van der Waals surface area contributed by atoms with Crippen LogP contribution in [0.25, 0.3) is 4.85 Å². The Morgan fingerprint density at radius 2 is 2.31 bits per heavy atom. The van der Waals surface area contributed by atoms with E-state index < -0.39 is 6.04 Å². The highest BCUT2D eigenvalue weighted by Crippen LogP contribution is 2.48. The van der Waals surface area contributed by atoms with Crippen LogP contribution in [0.15, 0.2) is 0 Å². The van der Waals surface area contributed by atoms with Crippen LogP contribution in [0.5, 0.6) is 0 Å². The summed E-state index contributed by atoms with van der Waals surface area (Å²) in [5.41, 5.74) is 5.95. The van der Waals surface area contributed by atoms with Crippen LogP contribution in [0, 0.1) is 18.4 Å². The number of nitrogens with zero attached hydrogens (tertiary/aromatic N) is 2. The fourth-order valence-electron chi connectivity index (χ4n) is 2.53. The number of amides is 1. The zero-order valence-electron chi connectivity index (χ0n) is 9.89. The molecule has 2 N–H and O–H groups in total. The van der Waals surface area contributed by atoms with Gasteiger partial charge in [0.05, 0.1) is 6.04 Å². The summed E-state index contributed by atoms with van der Waals surface area (Å²) in [7, 11) is 0. The van der Waals surface area contributed by atoms with Crippen molar-refractivity contribution in [3.63, 3.8) is 0 Å². The standard InChI is InChI=1S/C12H19N3O/c1-4-7(2)11(13)12(16)15-9-5-8(9)6-10(15)14-3/h7-11H,4-6,13H2,1-2H3/t7?,8?,9?,10?,11-/m0/s1. The molecule has 4 heteroatoms. The van der Waals surface area contributed by atoms with Crippen LogP contribution in [0.3, 0.4) is 0 Å². The molecule has 1 saturated carbocycles. The number of hydrogen-bond acceptors (Lipinski definition) is 2. The number of fused-ring (bicyclic) bond motifs is 1. The molecule has 2 fully saturated rings. The third kappa shape index (κ3) is 1.69. The maximum absolute atomic E-state index is 12.2. The zero-order valence-corrected chi connectivity index (χ0v) is 9.89. The van der Waals surface area contributed by atoms with E-state index in [1.54, 1.807) is 4.90 Å². The van der Waals surface area contributed by atoms with Gasteiger partial charge in [0.25, 0.3) is 0 Å². The van der Waals surface area contributed by atoms with Crippen molar-refractivity contribution >= 4 is 5.91 Å². The Balaban J connectivity index is 2.06. The third-order valence-electron chi connectivity index (χ3n) is 4.02. The molecule has 2 rings (SSSR count). The molecule has 16 heavy (non-hydrogen) atoms. The summed E-state index contributed by atoms with van der Waals surface area (Å²) < 4.78 is 0. The zero-order chi connectivity index (χ0) is 11.9. The molecule has 0 aromatic rings. The summed E-state index contributed by atoms with van der Waals surface area (Å²) in [6.45, 7) is 11.1. The van der Waals surface area contributed by atoms with Crippen molar-refractivity contribution in [3.05, 3.63) is 11.4 Å². The highest BCUT2D eigenvalue weighted by atomic mass is 16.2. The number of carbonyl (C=O) groups excluding carboxylic acids is 1. The van der Waals surface area contributed by atoms with Gasteiger partial charge in [0.2, 0.25) is 5.91 Å². The number of rotatable bonds is 3. The Labute approximate surface area is 96.6 Å². The molecule has 1 aliphatic carbocycles. The maximum atomic E-state index is 12.2. The molecule has 0 spiro atoms. The first-order chi connectivity index (χ1) is 7.60. The topological polar surface area (TPSA) is 50.7 Å². The summed E-state index contributed by atoms with van der Waals surface area (Å²) in [5, 5.41) is 0. The minimum absolute atomic E-state index is 0.0136. The van der Waals surface area contributed by atoms with Crippen molar-refractivity contribution in [2.75, 3.05) is 0 Å². The van der Waals surface area contributed by atoms with E-state index in [1.807, 2.05) is 13.8 Å². The Hall–Kier alpha value is -1.08. The number of carbonyl (C=O) groups is 1. The third-order valence-corrected chi connectivity index (χ3v) is 4.02. The highest BCUT2D eigenvalue weighted by molar-refractivity contribution is 5.83. The van der Waals surface area contributed by atoms with Gasteiger partial charge in [-0.25, -0.2) is 6.57 Å². The molecule has 0 aromatic carbocycles. The minimum Gasteiger partial charge on any atom is -0.320 e. The molecule has 0 bridgehead atoms. The van der Waals surface area contributed by atoms with Gasteiger partial charge < -0.3 is 5.73 Å². The van der Waals surface area contributed by atoms with Gasteiger partial charge >= 0.3 is 6.17 Å². The second kappa shape index (κ2) is 4.06. The molecule has 1 aliphatic heterocycles. The average Bonchev–Trinajstić information content (AvgIpc) is 2.97.